The molecule has 2 nitrogen and oxygen atoms in total. The van der Waals surface area contributed by atoms with E-state index in [0.717, 1.165) is 11.3 Å². The number of hydrogen-bond donors (Lipinski definition) is 0. The van der Waals surface area contributed by atoms with E-state index in [1.54, 1.807) is 6.26 Å². The van der Waals surface area contributed by atoms with Gasteiger partial charge < -0.3 is 4.42 Å². The highest BCUT2D eigenvalue weighted by molar-refractivity contribution is 6.04. The first-order chi connectivity index (χ1) is 9.42. The zero-order valence-corrected chi connectivity index (χ0v) is 10.2. The summed E-state index contributed by atoms with van der Waals surface area (Å²) in [6, 6.07) is 19.1. The standard InChI is InChI=1S/C17H11NO/c1-2-5-13-9-16-14(8-12(13)4-1)6-3-7-15(16)17-10-19-11-18-17/h1-11H. The maximum absolute atomic E-state index is 5.09. The summed E-state index contributed by atoms with van der Waals surface area (Å²) >= 11 is 0. The summed E-state index contributed by atoms with van der Waals surface area (Å²) in [7, 11) is 0. The van der Waals surface area contributed by atoms with Crippen LogP contribution < -0.4 is 0 Å². The minimum atomic E-state index is 0.876. The van der Waals surface area contributed by atoms with Crippen LogP contribution in [0.25, 0.3) is 32.8 Å². The molecular formula is C17H11NO. The van der Waals surface area contributed by atoms with Gasteiger partial charge in [0.1, 0.15) is 12.0 Å². The number of rotatable bonds is 1. The fourth-order valence-electron chi connectivity index (χ4n) is 2.54. The van der Waals surface area contributed by atoms with E-state index in [2.05, 4.69) is 59.6 Å². The second-order valence-electron chi connectivity index (χ2n) is 4.60. The van der Waals surface area contributed by atoms with Crippen molar-refractivity contribution in [2.24, 2.45) is 0 Å². The average Bonchev–Trinajstić information content (AvgIpc) is 2.98. The molecule has 1 aromatic heterocycles. The second kappa shape index (κ2) is 3.95. The zero-order valence-electron chi connectivity index (χ0n) is 10.2. The smallest absolute Gasteiger partial charge is 0.181 e. The van der Waals surface area contributed by atoms with Crippen molar-refractivity contribution in [2.75, 3.05) is 0 Å². The molecule has 19 heavy (non-hydrogen) atoms. The third-order valence-electron chi connectivity index (χ3n) is 3.45. The third-order valence-corrected chi connectivity index (χ3v) is 3.45. The Kier molecular flexibility index (Phi) is 2.15. The van der Waals surface area contributed by atoms with Gasteiger partial charge in [-0.1, -0.05) is 42.5 Å². The molecule has 0 aliphatic carbocycles. The van der Waals surface area contributed by atoms with Crippen LogP contribution in [0.15, 0.2) is 71.7 Å². The lowest BCUT2D eigenvalue weighted by Gasteiger charge is -2.06. The van der Waals surface area contributed by atoms with E-state index in [-0.39, 0.29) is 0 Å². The highest BCUT2D eigenvalue weighted by Gasteiger charge is 2.07. The van der Waals surface area contributed by atoms with Gasteiger partial charge in [-0.3, -0.25) is 0 Å². The van der Waals surface area contributed by atoms with E-state index >= 15 is 0 Å². The van der Waals surface area contributed by atoms with Crippen molar-refractivity contribution < 1.29 is 4.42 Å². The third kappa shape index (κ3) is 1.61. The molecular weight excluding hydrogens is 234 g/mol. The van der Waals surface area contributed by atoms with Crippen LogP contribution in [0.3, 0.4) is 0 Å². The van der Waals surface area contributed by atoms with Gasteiger partial charge in [0.05, 0.1) is 0 Å². The fourth-order valence-corrected chi connectivity index (χ4v) is 2.54. The summed E-state index contributed by atoms with van der Waals surface area (Å²) in [5.74, 6) is 0. The molecule has 3 aromatic carbocycles. The maximum atomic E-state index is 5.09. The molecule has 0 N–H and O–H groups in total. The van der Waals surface area contributed by atoms with Crippen LogP contribution in [0.2, 0.25) is 0 Å². The normalized spacial score (nSPS) is 11.2. The van der Waals surface area contributed by atoms with Gasteiger partial charge >= 0.3 is 0 Å². The summed E-state index contributed by atoms with van der Waals surface area (Å²) in [6.07, 6.45) is 3.15. The Balaban J connectivity index is 2.12. The van der Waals surface area contributed by atoms with Crippen LogP contribution in [0.4, 0.5) is 0 Å². The van der Waals surface area contributed by atoms with Gasteiger partial charge in [0, 0.05) is 5.56 Å². The number of fused-ring (bicyclic) bond motifs is 2. The molecule has 4 aromatic rings. The van der Waals surface area contributed by atoms with E-state index in [1.807, 2.05) is 0 Å². The van der Waals surface area contributed by atoms with Crippen molar-refractivity contribution in [3.8, 4) is 11.3 Å². The lowest BCUT2D eigenvalue weighted by molar-refractivity contribution is 0.558. The molecule has 0 amide bonds. The van der Waals surface area contributed by atoms with Crippen LogP contribution in [0.1, 0.15) is 0 Å². The first-order valence-electron chi connectivity index (χ1n) is 6.22. The highest BCUT2D eigenvalue weighted by Crippen LogP contribution is 2.30. The van der Waals surface area contributed by atoms with Crippen LogP contribution in [0, 0.1) is 0 Å². The number of benzene rings is 3. The quantitative estimate of drug-likeness (QED) is 0.456. The Labute approximate surface area is 110 Å². The minimum Gasteiger partial charge on any atom is -0.451 e. The van der Waals surface area contributed by atoms with Gasteiger partial charge in [-0.05, 0) is 33.7 Å². The summed E-state index contributed by atoms with van der Waals surface area (Å²) in [5, 5.41) is 4.92. The predicted molar refractivity (Wildman–Crippen MR) is 77.0 cm³/mol. The van der Waals surface area contributed by atoms with E-state index in [4.69, 9.17) is 4.42 Å². The van der Waals surface area contributed by atoms with Crippen LogP contribution in [-0.4, -0.2) is 4.98 Å². The molecule has 0 aliphatic heterocycles. The molecule has 0 fully saturated rings. The molecule has 0 aliphatic rings. The Bertz CT molecular complexity index is 863. The summed E-state index contributed by atoms with van der Waals surface area (Å²) in [6.45, 7) is 0. The van der Waals surface area contributed by atoms with Gasteiger partial charge in [-0.25, -0.2) is 4.98 Å². The molecule has 0 saturated heterocycles. The molecule has 0 bridgehead atoms. The van der Waals surface area contributed by atoms with Crippen molar-refractivity contribution in [3.05, 3.63) is 67.3 Å². The predicted octanol–water partition coefficient (Wildman–Crippen LogP) is 4.65. The van der Waals surface area contributed by atoms with Crippen LogP contribution >= 0.6 is 0 Å². The van der Waals surface area contributed by atoms with Gasteiger partial charge in [0.25, 0.3) is 0 Å². The molecule has 2 heteroatoms. The second-order valence-corrected chi connectivity index (χ2v) is 4.60. The fraction of sp³-hybridized carbons (Fsp3) is 0. The summed E-state index contributed by atoms with van der Waals surface area (Å²) < 4.78 is 5.09. The first-order valence-corrected chi connectivity index (χ1v) is 6.22. The van der Waals surface area contributed by atoms with Crippen molar-refractivity contribution in [2.45, 2.75) is 0 Å². The number of oxazole rings is 1. The van der Waals surface area contributed by atoms with Crippen molar-refractivity contribution in [1.82, 2.24) is 4.98 Å². The maximum Gasteiger partial charge on any atom is 0.181 e. The first kappa shape index (κ1) is 10.3. The largest absolute Gasteiger partial charge is 0.451 e. The SMILES string of the molecule is c1ccc2cc3c(-c4cocn4)cccc3cc2c1. The average molecular weight is 245 g/mol. The van der Waals surface area contributed by atoms with Crippen molar-refractivity contribution >= 4 is 21.5 Å². The topological polar surface area (TPSA) is 26.0 Å². The van der Waals surface area contributed by atoms with Crippen LogP contribution in [0.5, 0.6) is 0 Å². The van der Waals surface area contributed by atoms with Crippen molar-refractivity contribution in [1.29, 1.82) is 0 Å². The Morgan fingerprint density at radius 3 is 2.37 bits per heavy atom. The highest BCUT2D eigenvalue weighted by atomic mass is 16.3. The number of aromatic nitrogens is 1. The molecule has 0 saturated carbocycles. The van der Waals surface area contributed by atoms with E-state index in [1.165, 1.54) is 27.9 Å². The Hall–Kier alpha value is -2.61. The molecule has 0 radical (unpaired) electrons. The molecule has 1 heterocycles. The zero-order chi connectivity index (χ0) is 12.7. The Morgan fingerprint density at radius 2 is 1.58 bits per heavy atom. The summed E-state index contributed by atoms with van der Waals surface area (Å²) in [5.41, 5.74) is 1.98. The minimum absolute atomic E-state index is 0.876. The van der Waals surface area contributed by atoms with Gasteiger partial charge in [0.15, 0.2) is 6.39 Å². The number of nitrogens with zero attached hydrogens (tertiary/aromatic N) is 1. The monoisotopic (exact) mass is 245 g/mol. The number of hydrogen-bond acceptors (Lipinski definition) is 2. The van der Waals surface area contributed by atoms with Gasteiger partial charge in [-0.2, -0.15) is 0 Å². The molecule has 0 unspecified atom stereocenters. The van der Waals surface area contributed by atoms with Gasteiger partial charge in [0.2, 0.25) is 0 Å². The molecule has 90 valence electrons. The van der Waals surface area contributed by atoms with E-state index < -0.39 is 0 Å². The Morgan fingerprint density at radius 1 is 0.789 bits per heavy atom. The molecule has 0 spiro atoms. The lowest BCUT2D eigenvalue weighted by atomic mass is 9.98. The molecule has 0 atom stereocenters. The van der Waals surface area contributed by atoms with Crippen molar-refractivity contribution in [3.63, 3.8) is 0 Å². The summed E-state index contributed by atoms with van der Waals surface area (Å²) in [4.78, 5) is 4.25. The van der Waals surface area contributed by atoms with E-state index in [0.29, 0.717) is 0 Å². The van der Waals surface area contributed by atoms with Gasteiger partial charge in [-0.15, -0.1) is 0 Å². The lowest BCUT2D eigenvalue weighted by Crippen LogP contribution is -1.82. The van der Waals surface area contributed by atoms with Crippen LogP contribution in [-0.2, 0) is 0 Å². The molecule has 4 rings (SSSR count). The van der Waals surface area contributed by atoms with E-state index in [9.17, 15) is 0 Å².